The summed E-state index contributed by atoms with van der Waals surface area (Å²) >= 11 is 1.81. The maximum Gasteiger partial charge on any atom is 0.315 e. The predicted octanol–water partition coefficient (Wildman–Crippen LogP) is 1.98. The summed E-state index contributed by atoms with van der Waals surface area (Å²) < 4.78 is 0. The summed E-state index contributed by atoms with van der Waals surface area (Å²) in [5.41, 5.74) is 0. The average Bonchev–Trinajstić information content (AvgIpc) is 2.08. The first-order valence-corrected chi connectivity index (χ1v) is 6.67. The fourth-order valence-corrected chi connectivity index (χ4v) is 1.96. The van der Waals surface area contributed by atoms with Crippen LogP contribution in [0.4, 0.5) is 4.79 Å². The Morgan fingerprint density at radius 3 is 2.79 bits per heavy atom. The van der Waals surface area contributed by atoms with Crippen LogP contribution >= 0.6 is 11.8 Å². The minimum atomic E-state index is 0.00306. The minimum absolute atomic E-state index is 0.00306. The molecule has 0 saturated heterocycles. The molecule has 0 aliphatic heterocycles. The van der Waals surface area contributed by atoms with Crippen molar-refractivity contribution in [1.29, 1.82) is 0 Å². The molecule has 0 aromatic carbocycles. The highest BCUT2D eigenvalue weighted by atomic mass is 32.2. The molecule has 1 atom stereocenters. The van der Waals surface area contributed by atoms with Gasteiger partial charge < -0.3 is 10.6 Å². The Labute approximate surface area is 90.4 Å². The molecule has 0 heterocycles. The van der Waals surface area contributed by atoms with E-state index in [0.29, 0.717) is 6.04 Å². The smallest absolute Gasteiger partial charge is 0.315 e. The molecule has 1 aliphatic rings. The second-order valence-electron chi connectivity index (χ2n) is 3.93. The molecule has 0 aromatic rings. The first-order valence-electron chi connectivity index (χ1n) is 5.28. The maximum atomic E-state index is 11.4. The van der Waals surface area contributed by atoms with E-state index in [1.165, 1.54) is 6.42 Å². The number of nitrogens with one attached hydrogen (secondary N) is 2. The van der Waals surface area contributed by atoms with E-state index in [4.69, 9.17) is 0 Å². The van der Waals surface area contributed by atoms with Gasteiger partial charge in [-0.05, 0) is 44.6 Å². The number of urea groups is 1. The molecule has 2 amide bonds. The van der Waals surface area contributed by atoms with Crippen molar-refractivity contribution in [3.8, 4) is 0 Å². The van der Waals surface area contributed by atoms with E-state index in [9.17, 15) is 4.79 Å². The minimum Gasteiger partial charge on any atom is -0.336 e. The summed E-state index contributed by atoms with van der Waals surface area (Å²) in [6, 6.07) is 0.716. The summed E-state index contributed by atoms with van der Waals surface area (Å²) in [5, 5.41) is 5.92. The Hall–Kier alpha value is -0.380. The first kappa shape index (κ1) is 11.7. The van der Waals surface area contributed by atoms with Crippen molar-refractivity contribution < 1.29 is 4.79 Å². The zero-order valence-electron chi connectivity index (χ0n) is 9.01. The number of amides is 2. The third-order valence-corrected chi connectivity index (χ3v) is 3.22. The molecule has 0 bridgehead atoms. The van der Waals surface area contributed by atoms with Crippen molar-refractivity contribution in [2.75, 3.05) is 12.0 Å². The van der Waals surface area contributed by atoms with Crippen LogP contribution in [0.1, 0.15) is 32.6 Å². The lowest BCUT2D eigenvalue weighted by Crippen LogP contribution is -2.47. The van der Waals surface area contributed by atoms with Gasteiger partial charge in [-0.1, -0.05) is 0 Å². The SMILES string of the molecule is CSCCC(C)NC(=O)NC1CCC1. The Kier molecular flexibility index (Phi) is 5.15. The summed E-state index contributed by atoms with van der Waals surface area (Å²) in [7, 11) is 0. The van der Waals surface area contributed by atoms with Gasteiger partial charge in [0.2, 0.25) is 0 Å². The van der Waals surface area contributed by atoms with Gasteiger partial charge in [0.25, 0.3) is 0 Å². The van der Waals surface area contributed by atoms with Crippen LogP contribution in [0.5, 0.6) is 0 Å². The highest BCUT2D eigenvalue weighted by Crippen LogP contribution is 2.17. The average molecular weight is 216 g/mol. The monoisotopic (exact) mass is 216 g/mol. The fourth-order valence-electron chi connectivity index (χ4n) is 1.37. The van der Waals surface area contributed by atoms with Gasteiger partial charge in [-0.15, -0.1) is 0 Å². The van der Waals surface area contributed by atoms with Crippen LogP contribution in [0, 0.1) is 0 Å². The molecule has 4 heteroatoms. The van der Waals surface area contributed by atoms with Crippen molar-refractivity contribution in [2.45, 2.75) is 44.7 Å². The van der Waals surface area contributed by atoms with E-state index in [-0.39, 0.29) is 12.1 Å². The molecule has 0 aromatic heterocycles. The highest BCUT2D eigenvalue weighted by molar-refractivity contribution is 7.98. The molecule has 0 radical (unpaired) electrons. The van der Waals surface area contributed by atoms with Crippen molar-refractivity contribution in [1.82, 2.24) is 10.6 Å². The van der Waals surface area contributed by atoms with Crippen LogP contribution in [-0.2, 0) is 0 Å². The number of carbonyl (C=O) groups excluding carboxylic acids is 1. The summed E-state index contributed by atoms with van der Waals surface area (Å²) in [6.45, 7) is 2.05. The largest absolute Gasteiger partial charge is 0.336 e. The van der Waals surface area contributed by atoms with E-state index in [0.717, 1.165) is 25.0 Å². The van der Waals surface area contributed by atoms with Crippen LogP contribution in [0.15, 0.2) is 0 Å². The van der Waals surface area contributed by atoms with E-state index in [1.54, 1.807) is 0 Å². The van der Waals surface area contributed by atoms with Crippen molar-refractivity contribution in [3.63, 3.8) is 0 Å². The number of hydrogen-bond acceptors (Lipinski definition) is 2. The van der Waals surface area contributed by atoms with Gasteiger partial charge in [-0.2, -0.15) is 11.8 Å². The number of carbonyl (C=O) groups is 1. The van der Waals surface area contributed by atoms with Gasteiger partial charge >= 0.3 is 6.03 Å². The topological polar surface area (TPSA) is 41.1 Å². The highest BCUT2D eigenvalue weighted by Gasteiger charge is 2.19. The third-order valence-electron chi connectivity index (χ3n) is 2.57. The zero-order valence-corrected chi connectivity index (χ0v) is 9.82. The molecule has 14 heavy (non-hydrogen) atoms. The van der Waals surface area contributed by atoms with E-state index < -0.39 is 0 Å². The second kappa shape index (κ2) is 6.17. The number of hydrogen-bond donors (Lipinski definition) is 2. The normalized spacial score (nSPS) is 18.4. The summed E-state index contributed by atoms with van der Waals surface area (Å²) in [5.74, 6) is 1.10. The quantitative estimate of drug-likeness (QED) is 0.738. The maximum absolute atomic E-state index is 11.4. The van der Waals surface area contributed by atoms with Crippen LogP contribution in [0.2, 0.25) is 0 Å². The molecular weight excluding hydrogens is 196 g/mol. The lowest BCUT2D eigenvalue weighted by molar-refractivity contribution is 0.225. The van der Waals surface area contributed by atoms with Gasteiger partial charge in [0.15, 0.2) is 0 Å². The van der Waals surface area contributed by atoms with Gasteiger partial charge in [-0.3, -0.25) is 0 Å². The molecule has 1 unspecified atom stereocenters. The molecule has 2 N–H and O–H groups in total. The summed E-state index contributed by atoms with van der Waals surface area (Å²) in [6.07, 6.45) is 6.67. The van der Waals surface area contributed by atoms with Crippen molar-refractivity contribution in [2.24, 2.45) is 0 Å². The van der Waals surface area contributed by atoms with E-state index in [1.807, 2.05) is 11.8 Å². The van der Waals surface area contributed by atoms with Crippen LogP contribution < -0.4 is 10.6 Å². The van der Waals surface area contributed by atoms with Gasteiger partial charge in [0.1, 0.15) is 0 Å². The zero-order chi connectivity index (χ0) is 10.4. The van der Waals surface area contributed by atoms with Crippen LogP contribution in [0.3, 0.4) is 0 Å². The first-order chi connectivity index (χ1) is 6.72. The molecule has 1 saturated carbocycles. The molecule has 1 rings (SSSR count). The second-order valence-corrected chi connectivity index (χ2v) is 4.91. The van der Waals surface area contributed by atoms with E-state index >= 15 is 0 Å². The fraction of sp³-hybridized carbons (Fsp3) is 0.900. The third kappa shape index (κ3) is 4.22. The molecule has 82 valence electrons. The Morgan fingerprint density at radius 1 is 1.57 bits per heavy atom. The van der Waals surface area contributed by atoms with Crippen LogP contribution in [-0.4, -0.2) is 30.1 Å². The van der Waals surface area contributed by atoms with Crippen molar-refractivity contribution >= 4 is 17.8 Å². The lowest BCUT2D eigenvalue weighted by atomic mass is 9.93. The van der Waals surface area contributed by atoms with Crippen LogP contribution in [0.25, 0.3) is 0 Å². The van der Waals surface area contributed by atoms with Gasteiger partial charge in [0, 0.05) is 12.1 Å². The molecule has 1 aliphatic carbocycles. The molecule has 0 spiro atoms. The Balaban J connectivity index is 2.05. The van der Waals surface area contributed by atoms with Crippen molar-refractivity contribution in [3.05, 3.63) is 0 Å². The van der Waals surface area contributed by atoms with Gasteiger partial charge in [0.05, 0.1) is 0 Å². The summed E-state index contributed by atoms with van der Waals surface area (Å²) in [4.78, 5) is 11.4. The Bertz CT molecular complexity index is 183. The molecular formula is C10H20N2OS. The predicted molar refractivity (Wildman–Crippen MR) is 61.8 cm³/mol. The standard InChI is InChI=1S/C10H20N2OS/c1-8(6-7-14-2)11-10(13)12-9-4-3-5-9/h8-9H,3-7H2,1-2H3,(H2,11,12,13). The van der Waals surface area contributed by atoms with Gasteiger partial charge in [-0.25, -0.2) is 4.79 Å². The lowest BCUT2D eigenvalue weighted by Gasteiger charge is -2.27. The number of thioether (sulfide) groups is 1. The molecule has 1 fully saturated rings. The molecule has 3 nitrogen and oxygen atoms in total. The van der Waals surface area contributed by atoms with E-state index in [2.05, 4.69) is 23.8 Å². The Morgan fingerprint density at radius 2 is 2.29 bits per heavy atom. The number of rotatable bonds is 5.